The number of benzene rings is 2. The van der Waals surface area contributed by atoms with Crippen molar-refractivity contribution in [2.24, 2.45) is 0 Å². The smallest absolute Gasteiger partial charge is 0.292 e. The molecule has 4 nitrogen and oxygen atoms in total. The van der Waals surface area contributed by atoms with Crippen LogP contribution in [0.15, 0.2) is 42.5 Å². The van der Waals surface area contributed by atoms with Crippen molar-refractivity contribution in [2.75, 3.05) is 5.32 Å². The summed E-state index contributed by atoms with van der Waals surface area (Å²) in [6.45, 7) is 0. The van der Waals surface area contributed by atoms with Gasteiger partial charge in [-0.1, -0.05) is 35.9 Å². The summed E-state index contributed by atoms with van der Waals surface area (Å²) in [6, 6.07) is 13.2. The Balaban J connectivity index is 1.82. The van der Waals surface area contributed by atoms with Crippen LogP contribution in [-0.4, -0.2) is 11.0 Å². The quantitative estimate of drug-likeness (QED) is 0.682. The van der Waals surface area contributed by atoms with E-state index >= 15 is 0 Å². The number of hydrogen-bond acceptors (Lipinski definition) is 3. The highest BCUT2D eigenvalue weighted by Gasteiger charge is 2.21. The number of fused-ring (bicyclic) bond motifs is 1. The molecule has 0 aliphatic heterocycles. The first-order valence-electron chi connectivity index (χ1n) is 6.91. The van der Waals surface area contributed by atoms with Gasteiger partial charge in [-0.25, -0.2) is 0 Å². The highest BCUT2D eigenvalue weighted by atomic mass is 35.5. The largest absolute Gasteiger partial charge is 0.376 e. The molecule has 0 spiro atoms. The number of nitro benzene ring substituents is 1. The number of hydrogen-bond donors (Lipinski definition) is 1. The van der Waals surface area contributed by atoms with E-state index in [1.165, 1.54) is 17.2 Å². The Hall–Kier alpha value is -2.07. The standard InChI is InChI=1S/C16H15ClN2O2/c17-13-6-8-16(19(20)21)15(10-13)18-14-7-5-11-3-1-2-4-12(11)9-14/h1-4,6,8,10,14,18H,5,7,9H2. The van der Waals surface area contributed by atoms with Crippen LogP contribution in [0.1, 0.15) is 17.5 Å². The maximum atomic E-state index is 11.1. The van der Waals surface area contributed by atoms with Gasteiger partial charge in [-0.2, -0.15) is 0 Å². The van der Waals surface area contributed by atoms with Gasteiger partial charge < -0.3 is 5.32 Å². The van der Waals surface area contributed by atoms with Crippen molar-refractivity contribution in [3.8, 4) is 0 Å². The van der Waals surface area contributed by atoms with Gasteiger partial charge in [0.25, 0.3) is 5.69 Å². The van der Waals surface area contributed by atoms with E-state index in [0.717, 1.165) is 19.3 Å². The van der Waals surface area contributed by atoms with Crippen molar-refractivity contribution in [1.29, 1.82) is 0 Å². The van der Waals surface area contributed by atoms with Gasteiger partial charge in [0, 0.05) is 17.1 Å². The van der Waals surface area contributed by atoms with Crippen molar-refractivity contribution in [2.45, 2.75) is 25.3 Å². The summed E-state index contributed by atoms with van der Waals surface area (Å²) in [5, 5.41) is 14.9. The van der Waals surface area contributed by atoms with Gasteiger partial charge in [-0.05, 0) is 42.5 Å². The molecule has 1 aliphatic rings. The molecule has 0 aromatic heterocycles. The Morgan fingerprint density at radius 2 is 1.95 bits per heavy atom. The van der Waals surface area contributed by atoms with E-state index in [2.05, 4.69) is 17.4 Å². The Labute approximate surface area is 127 Å². The first kappa shape index (κ1) is 13.9. The second-order valence-electron chi connectivity index (χ2n) is 5.27. The molecule has 108 valence electrons. The summed E-state index contributed by atoms with van der Waals surface area (Å²) in [4.78, 5) is 10.7. The average molecular weight is 303 g/mol. The molecule has 0 saturated carbocycles. The summed E-state index contributed by atoms with van der Waals surface area (Å²) in [7, 11) is 0. The van der Waals surface area contributed by atoms with Crippen LogP contribution in [0, 0.1) is 10.1 Å². The van der Waals surface area contributed by atoms with Gasteiger partial charge in [-0.15, -0.1) is 0 Å². The fourth-order valence-electron chi connectivity index (χ4n) is 2.82. The predicted octanol–water partition coefficient (Wildman–Crippen LogP) is 4.22. The van der Waals surface area contributed by atoms with E-state index in [1.807, 2.05) is 12.1 Å². The lowest BCUT2D eigenvalue weighted by Crippen LogP contribution is -2.27. The zero-order valence-corrected chi connectivity index (χ0v) is 12.1. The lowest BCUT2D eigenvalue weighted by Gasteiger charge is -2.26. The van der Waals surface area contributed by atoms with Crippen LogP contribution in [0.5, 0.6) is 0 Å². The molecular formula is C16H15ClN2O2. The lowest BCUT2D eigenvalue weighted by molar-refractivity contribution is -0.384. The van der Waals surface area contributed by atoms with E-state index in [9.17, 15) is 10.1 Å². The maximum absolute atomic E-state index is 11.1. The minimum atomic E-state index is -0.380. The SMILES string of the molecule is O=[N+]([O-])c1ccc(Cl)cc1NC1CCc2ccccc2C1. The molecule has 0 amide bonds. The van der Waals surface area contributed by atoms with Gasteiger partial charge in [0.1, 0.15) is 5.69 Å². The summed E-state index contributed by atoms with van der Waals surface area (Å²) in [5.41, 5.74) is 3.25. The molecule has 0 radical (unpaired) electrons. The summed E-state index contributed by atoms with van der Waals surface area (Å²) in [6.07, 6.45) is 2.82. The van der Waals surface area contributed by atoms with Crippen LogP contribution in [0.2, 0.25) is 5.02 Å². The number of nitrogens with one attached hydrogen (secondary N) is 1. The van der Waals surface area contributed by atoms with Crippen molar-refractivity contribution in [3.05, 3.63) is 68.7 Å². The summed E-state index contributed by atoms with van der Waals surface area (Å²) in [5.74, 6) is 0. The fourth-order valence-corrected chi connectivity index (χ4v) is 3.00. The van der Waals surface area contributed by atoms with Crippen LogP contribution in [-0.2, 0) is 12.8 Å². The third-order valence-corrected chi connectivity index (χ3v) is 4.10. The van der Waals surface area contributed by atoms with Crippen molar-refractivity contribution in [3.63, 3.8) is 0 Å². The molecule has 0 saturated heterocycles. The molecule has 0 fully saturated rings. The molecule has 1 atom stereocenters. The third kappa shape index (κ3) is 3.00. The molecule has 0 bridgehead atoms. The van der Waals surface area contributed by atoms with Crippen LogP contribution in [0.3, 0.4) is 0 Å². The molecule has 5 heteroatoms. The molecule has 3 rings (SSSR count). The molecule has 1 N–H and O–H groups in total. The van der Waals surface area contributed by atoms with E-state index in [1.54, 1.807) is 12.1 Å². The third-order valence-electron chi connectivity index (χ3n) is 3.86. The highest BCUT2D eigenvalue weighted by molar-refractivity contribution is 6.31. The fraction of sp³-hybridized carbons (Fsp3) is 0.250. The van der Waals surface area contributed by atoms with Gasteiger partial charge in [0.2, 0.25) is 0 Å². The van der Waals surface area contributed by atoms with E-state index in [4.69, 9.17) is 11.6 Å². The Bertz CT molecular complexity index is 688. The van der Waals surface area contributed by atoms with Crippen LogP contribution in [0.4, 0.5) is 11.4 Å². The molecule has 1 unspecified atom stereocenters. The first-order chi connectivity index (χ1) is 10.1. The monoisotopic (exact) mass is 302 g/mol. The molecule has 0 heterocycles. The van der Waals surface area contributed by atoms with Gasteiger partial charge in [0.15, 0.2) is 0 Å². The van der Waals surface area contributed by atoms with Gasteiger partial charge in [-0.3, -0.25) is 10.1 Å². The second-order valence-corrected chi connectivity index (χ2v) is 5.71. The zero-order chi connectivity index (χ0) is 14.8. The van der Waals surface area contributed by atoms with Crippen LogP contribution in [0.25, 0.3) is 0 Å². The minimum absolute atomic E-state index is 0.0678. The van der Waals surface area contributed by atoms with Crippen LogP contribution >= 0.6 is 11.6 Å². The number of anilines is 1. The molecule has 2 aromatic carbocycles. The minimum Gasteiger partial charge on any atom is -0.376 e. The molecular weight excluding hydrogens is 288 g/mol. The number of nitrogens with zero attached hydrogens (tertiary/aromatic N) is 1. The molecule has 2 aromatic rings. The van der Waals surface area contributed by atoms with Crippen molar-refractivity contribution in [1.82, 2.24) is 0 Å². The van der Waals surface area contributed by atoms with Gasteiger partial charge in [0.05, 0.1) is 4.92 Å². The predicted molar refractivity (Wildman–Crippen MR) is 84.0 cm³/mol. The molecule has 21 heavy (non-hydrogen) atoms. The highest BCUT2D eigenvalue weighted by Crippen LogP contribution is 2.30. The normalized spacial score (nSPS) is 17.1. The van der Waals surface area contributed by atoms with Crippen molar-refractivity contribution < 1.29 is 4.92 Å². The Morgan fingerprint density at radius 3 is 2.71 bits per heavy atom. The maximum Gasteiger partial charge on any atom is 0.292 e. The number of halogens is 1. The van der Waals surface area contributed by atoms with E-state index in [-0.39, 0.29) is 16.7 Å². The Kier molecular flexibility index (Phi) is 3.80. The second kappa shape index (κ2) is 5.74. The van der Waals surface area contributed by atoms with Crippen LogP contribution < -0.4 is 5.32 Å². The average Bonchev–Trinajstić information content (AvgIpc) is 2.47. The summed E-state index contributed by atoms with van der Waals surface area (Å²) >= 11 is 5.96. The summed E-state index contributed by atoms with van der Waals surface area (Å²) < 4.78 is 0. The number of aryl methyl sites for hydroxylation is 1. The number of rotatable bonds is 3. The van der Waals surface area contributed by atoms with E-state index in [0.29, 0.717) is 10.7 Å². The first-order valence-corrected chi connectivity index (χ1v) is 7.28. The van der Waals surface area contributed by atoms with Crippen molar-refractivity contribution >= 4 is 23.0 Å². The van der Waals surface area contributed by atoms with E-state index < -0.39 is 0 Å². The van der Waals surface area contributed by atoms with Gasteiger partial charge >= 0.3 is 0 Å². The Morgan fingerprint density at radius 1 is 1.19 bits per heavy atom. The topological polar surface area (TPSA) is 55.2 Å². The molecule has 1 aliphatic carbocycles. The zero-order valence-electron chi connectivity index (χ0n) is 11.4. The number of nitro groups is 1. The lowest BCUT2D eigenvalue weighted by atomic mass is 9.88.